The SMILES string of the molecule is Cc1ccc(S(=O)(=O)N(C)Cc2ccc(C(=O)N/N=C\c3cccc(Oc4ccc(Cl)cc4)c3)cc2)cc1. The van der Waals surface area contributed by atoms with Crippen LogP contribution in [0.1, 0.15) is 27.0 Å². The third-order valence-electron chi connectivity index (χ3n) is 5.64. The Bertz CT molecular complexity index is 1540. The number of ether oxygens (including phenoxy) is 1. The van der Waals surface area contributed by atoms with Gasteiger partial charge in [-0.25, -0.2) is 13.8 Å². The summed E-state index contributed by atoms with van der Waals surface area (Å²) < 4.78 is 32.7. The average Bonchev–Trinajstić information content (AvgIpc) is 2.91. The highest BCUT2D eigenvalue weighted by atomic mass is 35.5. The standard InChI is InChI=1S/C29H26ClN3O4S/c1-21-6-16-28(17-7-21)38(35,36)33(2)20-22-8-10-24(11-9-22)29(34)32-31-19-23-4-3-5-27(18-23)37-26-14-12-25(30)13-15-26/h3-19H,20H2,1-2H3,(H,32,34)/b31-19-. The van der Waals surface area contributed by atoms with Crippen molar-refractivity contribution in [2.24, 2.45) is 5.10 Å². The van der Waals surface area contributed by atoms with E-state index in [-0.39, 0.29) is 17.3 Å². The van der Waals surface area contributed by atoms with Crippen molar-refractivity contribution >= 4 is 33.7 Å². The summed E-state index contributed by atoms with van der Waals surface area (Å²) in [6.07, 6.45) is 1.52. The second kappa shape index (κ2) is 12.0. The molecule has 0 heterocycles. The second-order valence-corrected chi connectivity index (χ2v) is 11.1. The number of sulfonamides is 1. The smallest absolute Gasteiger partial charge is 0.271 e. The number of carbonyl (C=O) groups excluding carboxylic acids is 1. The molecule has 0 saturated heterocycles. The first kappa shape index (κ1) is 27.1. The van der Waals surface area contributed by atoms with Gasteiger partial charge in [0.25, 0.3) is 5.91 Å². The van der Waals surface area contributed by atoms with Crippen LogP contribution in [0.3, 0.4) is 0 Å². The van der Waals surface area contributed by atoms with Gasteiger partial charge < -0.3 is 4.74 Å². The number of carbonyl (C=O) groups is 1. The predicted molar refractivity (Wildman–Crippen MR) is 149 cm³/mol. The maximum Gasteiger partial charge on any atom is 0.271 e. The molecule has 0 fully saturated rings. The number of hydrazone groups is 1. The Balaban J connectivity index is 1.33. The van der Waals surface area contributed by atoms with E-state index in [0.29, 0.717) is 22.1 Å². The highest BCUT2D eigenvalue weighted by Crippen LogP contribution is 2.23. The molecule has 194 valence electrons. The summed E-state index contributed by atoms with van der Waals surface area (Å²) in [5.74, 6) is 0.883. The molecule has 38 heavy (non-hydrogen) atoms. The Morgan fingerprint density at radius 1 is 0.947 bits per heavy atom. The lowest BCUT2D eigenvalue weighted by molar-refractivity contribution is 0.0955. The van der Waals surface area contributed by atoms with Crippen LogP contribution in [-0.2, 0) is 16.6 Å². The molecule has 1 amide bonds. The third-order valence-corrected chi connectivity index (χ3v) is 7.71. The van der Waals surface area contributed by atoms with Gasteiger partial charge in [-0.15, -0.1) is 0 Å². The summed E-state index contributed by atoms with van der Waals surface area (Å²) in [7, 11) is -2.09. The van der Waals surface area contributed by atoms with Crippen LogP contribution in [-0.4, -0.2) is 31.9 Å². The van der Waals surface area contributed by atoms with E-state index in [1.165, 1.54) is 17.6 Å². The number of amides is 1. The third kappa shape index (κ3) is 7.07. The van der Waals surface area contributed by atoms with Crippen molar-refractivity contribution in [3.63, 3.8) is 0 Å². The van der Waals surface area contributed by atoms with Crippen molar-refractivity contribution < 1.29 is 17.9 Å². The fraction of sp³-hybridized carbons (Fsp3) is 0.103. The molecule has 0 radical (unpaired) electrons. The van der Waals surface area contributed by atoms with Crippen molar-refractivity contribution in [2.45, 2.75) is 18.4 Å². The Morgan fingerprint density at radius 2 is 1.63 bits per heavy atom. The Hall–Kier alpha value is -3.98. The molecule has 1 N–H and O–H groups in total. The number of aryl methyl sites for hydroxylation is 1. The molecule has 0 aliphatic rings. The summed E-state index contributed by atoms with van der Waals surface area (Å²) in [4.78, 5) is 12.7. The van der Waals surface area contributed by atoms with Gasteiger partial charge in [0.1, 0.15) is 11.5 Å². The Labute approximate surface area is 227 Å². The number of rotatable bonds is 9. The summed E-state index contributed by atoms with van der Waals surface area (Å²) >= 11 is 5.90. The molecule has 0 aromatic heterocycles. The number of nitrogens with one attached hydrogen (secondary N) is 1. The number of hydrogen-bond acceptors (Lipinski definition) is 5. The summed E-state index contributed by atoms with van der Waals surface area (Å²) in [5, 5.41) is 4.66. The van der Waals surface area contributed by atoms with Gasteiger partial charge in [-0.1, -0.05) is 53.6 Å². The van der Waals surface area contributed by atoms with Gasteiger partial charge in [-0.05, 0) is 78.7 Å². The van der Waals surface area contributed by atoms with E-state index in [1.807, 2.05) is 25.1 Å². The van der Waals surface area contributed by atoms with Gasteiger partial charge in [-0.3, -0.25) is 4.79 Å². The molecule has 0 saturated carbocycles. The first-order valence-corrected chi connectivity index (χ1v) is 13.5. The highest BCUT2D eigenvalue weighted by molar-refractivity contribution is 7.89. The molecule has 4 aromatic carbocycles. The largest absolute Gasteiger partial charge is 0.457 e. The van der Waals surface area contributed by atoms with Crippen LogP contribution < -0.4 is 10.2 Å². The summed E-state index contributed by atoms with van der Waals surface area (Å²) in [6, 6.07) is 27.7. The molecule has 0 spiro atoms. The maximum absolute atomic E-state index is 12.8. The number of hydrogen-bond donors (Lipinski definition) is 1. The summed E-state index contributed by atoms with van der Waals surface area (Å²) in [5.41, 5.74) is 5.38. The fourth-order valence-electron chi connectivity index (χ4n) is 3.52. The van der Waals surface area contributed by atoms with Crippen molar-refractivity contribution in [2.75, 3.05) is 7.05 Å². The minimum absolute atomic E-state index is 0.171. The van der Waals surface area contributed by atoms with Crippen LogP contribution in [0.4, 0.5) is 0 Å². The minimum atomic E-state index is -3.62. The highest BCUT2D eigenvalue weighted by Gasteiger charge is 2.20. The molecule has 0 atom stereocenters. The van der Waals surface area contributed by atoms with E-state index in [0.717, 1.165) is 16.7 Å². The zero-order valence-corrected chi connectivity index (χ0v) is 22.4. The molecule has 0 bridgehead atoms. The van der Waals surface area contributed by atoms with Crippen molar-refractivity contribution in [3.05, 3.63) is 124 Å². The van der Waals surface area contributed by atoms with Crippen LogP contribution in [0.5, 0.6) is 11.5 Å². The zero-order chi connectivity index (χ0) is 27.1. The van der Waals surface area contributed by atoms with E-state index in [2.05, 4.69) is 10.5 Å². The van der Waals surface area contributed by atoms with Crippen LogP contribution in [0.2, 0.25) is 5.02 Å². The molecular weight excluding hydrogens is 522 g/mol. The van der Waals surface area contributed by atoms with E-state index in [9.17, 15) is 13.2 Å². The molecule has 4 aromatic rings. The molecule has 0 aliphatic carbocycles. The lowest BCUT2D eigenvalue weighted by atomic mass is 10.1. The van der Waals surface area contributed by atoms with E-state index in [1.54, 1.807) is 78.9 Å². The normalized spacial score (nSPS) is 11.6. The van der Waals surface area contributed by atoms with E-state index in [4.69, 9.17) is 16.3 Å². The molecule has 0 unspecified atom stereocenters. The average molecular weight is 548 g/mol. The van der Waals surface area contributed by atoms with Gasteiger partial charge in [0.15, 0.2) is 0 Å². The minimum Gasteiger partial charge on any atom is -0.457 e. The number of halogens is 1. The number of benzene rings is 4. The fourth-order valence-corrected chi connectivity index (χ4v) is 4.81. The van der Waals surface area contributed by atoms with Crippen molar-refractivity contribution in [1.29, 1.82) is 0 Å². The first-order chi connectivity index (χ1) is 18.2. The zero-order valence-electron chi connectivity index (χ0n) is 20.8. The van der Waals surface area contributed by atoms with Crippen molar-refractivity contribution in [1.82, 2.24) is 9.73 Å². The molecule has 9 heteroatoms. The van der Waals surface area contributed by atoms with Crippen LogP contribution in [0, 0.1) is 6.92 Å². The van der Waals surface area contributed by atoms with Gasteiger partial charge in [0.05, 0.1) is 11.1 Å². The molecule has 4 rings (SSSR count). The molecule has 0 aliphatic heterocycles. The summed E-state index contributed by atoms with van der Waals surface area (Å²) in [6.45, 7) is 2.07. The lowest BCUT2D eigenvalue weighted by Crippen LogP contribution is -2.26. The second-order valence-electron chi connectivity index (χ2n) is 8.60. The quantitative estimate of drug-likeness (QED) is 0.205. The van der Waals surface area contributed by atoms with Crippen LogP contribution >= 0.6 is 11.6 Å². The van der Waals surface area contributed by atoms with Gasteiger partial charge in [-0.2, -0.15) is 9.41 Å². The van der Waals surface area contributed by atoms with Gasteiger partial charge in [0.2, 0.25) is 10.0 Å². The van der Waals surface area contributed by atoms with Gasteiger partial charge in [0, 0.05) is 24.2 Å². The van der Waals surface area contributed by atoms with Crippen LogP contribution in [0.15, 0.2) is 107 Å². The lowest BCUT2D eigenvalue weighted by Gasteiger charge is -2.17. The monoisotopic (exact) mass is 547 g/mol. The van der Waals surface area contributed by atoms with E-state index >= 15 is 0 Å². The van der Waals surface area contributed by atoms with E-state index < -0.39 is 10.0 Å². The molecule has 7 nitrogen and oxygen atoms in total. The van der Waals surface area contributed by atoms with Crippen LogP contribution in [0.25, 0.3) is 0 Å². The maximum atomic E-state index is 12.8. The predicted octanol–water partition coefficient (Wildman–Crippen LogP) is 6.03. The number of nitrogens with zero attached hydrogens (tertiary/aromatic N) is 2. The Kier molecular flexibility index (Phi) is 8.58. The first-order valence-electron chi connectivity index (χ1n) is 11.7. The Morgan fingerprint density at radius 3 is 2.32 bits per heavy atom. The van der Waals surface area contributed by atoms with Gasteiger partial charge >= 0.3 is 0 Å². The topological polar surface area (TPSA) is 88.1 Å². The van der Waals surface area contributed by atoms with Crippen molar-refractivity contribution in [3.8, 4) is 11.5 Å². The molecular formula is C29H26ClN3O4S.